The zero-order valence-electron chi connectivity index (χ0n) is 13.4. The Hall–Kier alpha value is -1.30. The molecule has 0 spiro atoms. The quantitative estimate of drug-likeness (QED) is 0.653. The predicted molar refractivity (Wildman–Crippen MR) is 80.1 cm³/mol. The average molecular weight is 300 g/mol. The van der Waals surface area contributed by atoms with Crippen molar-refractivity contribution in [3.63, 3.8) is 0 Å². The van der Waals surface area contributed by atoms with E-state index in [9.17, 15) is 14.7 Å². The Morgan fingerprint density at radius 2 is 2.00 bits per heavy atom. The predicted octanol–water partition coefficient (Wildman–Crippen LogP) is 1.85. The van der Waals surface area contributed by atoms with Crippen LogP contribution in [0.5, 0.6) is 0 Å². The highest BCUT2D eigenvalue weighted by Crippen LogP contribution is 2.44. The molecule has 6 heteroatoms. The second-order valence-electron chi connectivity index (χ2n) is 6.28. The van der Waals surface area contributed by atoms with Gasteiger partial charge in [-0.2, -0.15) is 0 Å². The highest BCUT2D eigenvalue weighted by atomic mass is 16.5. The minimum absolute atomic E-state index is 0.00249. The third-order valence-corrected chi connectivity index (χ3v) is 4.79. The molecule has 1 rings (SSSR count). The van der Waals surface area contributed by atoms with Crippen LogP contribution in [0, 0.1) is 17.3 Å². The SMILES string of the molecule is CCOCCNC(=O)NC1CCC(C(=O)O)C(C)(C)C1C. The van der Waals surface area contributed by atoms with Crippen molar-refractivity contribution in [2.24, 2.45) is 17.3 Å². The van der Waals surface area contributed by atoms with Gasteiger partial charge in [0.05, 0.1) is 12.5 Å². The lowest BCUT2D eigenvalue weighted by atomic mass is 9.61. The standard InChI is InChI=1S/C15H28N2O4/c1-5-21-9-8-16-14(20)17-12-7-6-11(13(18)19)15(3,4)10(12)2/h10-12H,5-9H2,1-4H3,(H,18,19)(H2,16,17,20). The minimum Gasteiger partial charge on any atom is -0.481 e. The van der Waals surface area contributed by atoms with Gasteiger partial charge in [0.25, 0.3) is 0 Å². The number of carboxylic acids is 1. The summed E-state index contributed by atoms with van der Waals surface area (Å²) < 4.78 is 5.16. The smallest absolute Gasteiger partial charge is 0.315 e. The molecular weight excluding hydrogens is 272 g/mol. The van der Waals surface area contributed by atoms with Crippen molar-refractivity contribution >= 4 is 12.0 Å². The monoisotopic (exact) mass is 300 g/mol. The molecule has 3 N–H and O–H groups in total. The van der Waals surface area contributed by atoms with E-state index in [2.05, 4.69) is 10.6 Å². The molecule has 2 amide bonds. The highest BCUT2D eigenvalue weighted by Gasteiger charge is 2.46. The Labute approximate surface area is 126 Å². The van der Waals surface area contributed by atoms with Gasteiger partial charge in [0, 0.05) is 19.2 Å². The number of nitrogens with one attached hydrogen (secondary N) is 2. The number of ether oxygens (including phenoxy) is 1. The first kappa shape index (κ1) is 17.8. The zero-order chi connectivity index (χ0) is 16.0. The average Bonchev–Trinajstić information content (AvgIpc) is 2.40. The summed E-state index contributed by atoms with van der Waals surface area (Å²) in [5.74, 6) is -0.997. The van der Waals surface area contributed by atoms with E-state index in [4.69, 9.17) is 4.74 Å². The van der Waals surface area contributed by atoms with Crippen molar-refractivity contribution in [2.45, 2.75) is 46.6 Å². The van der Waals surface area contributed by atoms with Gasteiger partial charge in [0.2, 0.25) is 0 Å². The number of carboxylic acid groups (broad SMARTS) is 1. The topological polar surface area (TPSA) is 87.7 Å². The molecule has 0 radical (unpaired) electrons. The Bertz CT molecular complexity index is 371. The van der Waals surface area contributed by atoms with Crippen LogP contribution in [0.1, 0.15) is 40.5 Å². The first-order valence-corrected chi connectivity index (χ1v) is 7.65. The molecule has 1 aliphatic rings. The number of amides is 2. The number of carbonyl (C=O) groups is 2. The summed E-state index contributed by atoms with van der Waals surface area (Å²) in [5, 5.41) is 15.0. The molecule has 0 aliphatic heterocycles. The van der Waals surface area contributed by atoms with Crippen LogP contribution in [0.25, 0.3) is 0 Å². The normalized spacial score (nSPS) is 27.9. The van der Waals surface area contributed by atoms with Crippen LogP contribution in [0.4, 0.5) is 4.79 Å². The number of aliphatic carboxylic acids is 1. The fourth-order valence-corrected chi connectivity index (χ4v) is 3.04. The van der Waals surface area contributed by atoms with Crippen molar-refractivity contribution in [3.8, 4) is 0 Å². The summed E-state index contributed by atoms with van der Waals surface area (Å²) in [6.07, 6.45) is 1.29. The summed E-state index contributed by atoms with van der Waals surface area (Å²) in [6, 6.07) is -0.209. The summed E-state index contributed by atoms with van der Waals surface area (Å²) in [4.78, 5) is 23.2. The van der Waals surface area contributed by atoms with E-state index < -0.39 is 5.97 Å². The van der Waals surface area contributed by atoms with E-state index in [0.29, 0.717) is 32.6 Å². The molecule has 0 saturated heterocycles. The number of urea groups is 1. The van der Waals surface area contributed by atoms with Gasteiger partial charge in [-0.15, -0.1) is 0 Å². The number of hydrogen-bond acceptors (Lipinski definition) is 3. The van der Waals surface area contributed by atoms with Gasteiger partial charge in [-0.05, 0) is 31.1 Å². The van der Waals surface area contributed by atoms with Crippen molar-refractivity contribution in [3.05, 3.63) is 0 Å². The van der Waals surface area contributed by atoms with E-state index in [1.54, 1.807) is 0 Å². The molecule has 0 bridgehead atoms. The number of hydrogen-bond donors (Lipinski definition) is 3. The van der Waals surface area contributed by atoms with Crippen molar-refractivity contribution in [2.75, 3.05) is 19.8 Å². The molecule has 3 unspecified atom stereocenters. The van der Waals surface area contributed by atoms with Crippen LogP contribution in [0.2, 0.25) is 0 Å². The zero-order valence-corrected chi connectivity index (χ0v) is 13.4. The van der Waals surface area contributed by atoms with Gasteiger partial charge in [-0.1, -0.05) is 20.8 Å². The van der Waals surface area contributed by atoms with Gasteiger partial charge >= 0.3 is 12.0 Å². The highest BCUT2D eigenvalue weighted by molar-refractivity contribution is 5.74. The maximum atomic E-state index is 11.9. The fourth-order valence-electron chi connectivity index (χ4n) is 3.04. The molecule has 122 valence electrons. The molecular formula is C15H28N2O4. The van der Waals surface area contributed by atoms with Gasteiger partial charge in [-0.25, -0.2) is 4.79 Å². The van der Waals surface area contributed by atoms with Crippen LogP contribution in [0.15, 0.2) is 0 Å². The number of rotatable bonds is 6. The van der Waals surface area contributed by atoms with Crippen LogP contribution in [-0.2, 0) is 9.53 Å². The second kappa shape index (κ2) is 7.64. The Morgan fingerprint density at radius 3 is 2.57 bits per heavy atom. The largest absolute Gasteiger partial charge is 0.481 e. The molecule has 0 aromatic carbocycles. The second-order valence-corrected chi connectivity index (χ2v) is 6.28. The maximum absolute atomic E-state index is 11.9. The molecule has 3 atom stereocenters. The minimum atomic E-state index is -0.744. The van der Waals surface area contributed by atoms with Gasteiger partial charge in [-0.3, -0.25) is 4.79 Å². The van der Waals surface area contributed by atoms with E-state index in [1.165, 1.54) is 0 Å². The van der Waals surface area contributed by atoms with Crippen LogP contribution in [0.3, 0.4) is 0 Å². The lowest BCUT2D eigenvalue weighted by molar-refractivity contribution is -0.150. The molecule has 6 nitrogen and oxygen atoms in total. The molecule has 0 heterocycles. The van der Waals surface area contributed by atoms with E-state index in [0.717, 1.165) is 0 Å². The Morgan fingerprint density at radius 1 is 1.33 bits per heavy atom. The van der Waals surface area contributed by atoms with Gasteiger partial charge in [0.1, 0.15) is 0 Å². The fraction of sp³-hybridized carbons (Fsp3) is 0.867. The molecule has 1 saturated carbocycles. The van der Waals surface area contributed by atoms with Crippen molar-refractivity contribution in [1.29, 1.82) is 0 Å². The maximum Gasteiger partial charge on any atom is 0.315 e. The summed E-state index contributed by atoms with van der Waals surface area (Å²) in [5.41, 5.74) is -0.340. The molecule has 1 fully saturated rings. The Balaban J connectivity index is 2.50. The third-order valence-electron chi connectivity index (χ3n) is 4.79. The first-order chi connectivity index (χ1) is 9.80. The number of carbonyl (C=O) groups excluding carboxylic acids is 1. The molecule has 1 aliphatic carbocycles. The van der Waals surface area contributed by atoms with E-state index >= 15 is 0 Å². The summed E-state index contributed by atoms with van der Waals surface area (Å²) >= 11 is 0. The summed E-state index contributed by atoms with van der Waals surface area (Å²) in [6.45, 7) is 9.46. The van der Waals surface area contributed by atoms with E-state index in [1.807, 2.05) is 27.7 Å². The summed E-state index contributed by atoms with van der Waals surface area (Å²) in [7, 11) is 0. The third kappa shape index (κ3) is 4.59. The van der Waals surface area contributed by atoms with Crippen LogP contribution < -0.4 is 10.6 Å². The molecule has 0 aromatic rings. The van der Waals surface area contributed by atoms with Crippen LogP contribution >= 0.6 is 0 Å². The lowest BCUT2D eigenvalue weighted by Gasteiger charge is -2.46. The first-order valence-electron chi connectivity index (χ1n) is 7.65. The van der Waals surface area contributed by atoms with Crippen molar-refractivity contribution < 1.29 is 19.4 Å². The van der Waals surface area contributed by atoms with Gasteiger partial charge in [0.15, 0.2) is 0 Å². The van der Waals surface area contributed by atoms with Crippen molar-refractivity contribution in [1.82, 2.24) is 10.6 Å². The molecule has 0 aromatic heterocycles. The van der Waals surface area contributed by atoms with Gasteiger partial charge < -0.3 is 20.5 Å². The molecule has 21 heavy (non-hydrogen) atoms. The van der Waals surface area contributed by atoms with E-state index in [-0.39, 0.29) is 29.3 Å². The lowest BCUT2D eigenvalue weighted by Crippen LogP contribution is -2.54. The van der Waals surface area contributed by atoms with Crippen LogP contribution in [-0.4, -0.2) is 42.9 Å². The Kier molecular flexibility index (Phi) is 6.45.